The van der Waals surface area contributed by atoms with Crippen LogP contribution < -0.4 is 0 Å². The molecule has 0 unspecified atom stereocenters. The van der Waals surface area contributed by atoms with Crippen molar-refractivity contribution in [3.05, 3.63) is 0 Å². The molecule has 0 saturated heterocycles. The van der Waals surface area contributed by atoms with Crippen LogP contribution in [-0.2, 0) is 19.7 Å². The molecule has 0 fully saturated rings. The summed E-state index contributed by atoms with van der Waals surface area (Å²) in [6, 6.07) is 0. The summed E-state index contributed by atoms with van der Waals surface area (Å²) in [5.41, 5.74) is 0. The molecule has 0 N–H and O–H groups in total. The van der Waals surface area contributed by atoms with Gasteiger partial charge in [0, 0.05) is 6.57 Å². The van der Waals surface area contributed by atoms with Crippen molar-refractivity contribution in [1.82, 2.24) is 0 Å². The van der Waals surface area contributed by atoms with Gasteiger partial charge in [-0.3, -0.25) is 0 Å². The van der Waals surface area contributed by atoms with E-state index in [0.717, 1.165) is 0 Å². The van der Waals surface area contributed by atoms with E-state index in [1.807, 2.05) is 0 Å². The van der Waals surface area contributed by atoms with Crippen LogP contribution in [0.2, 0.25) is 0 Å². The molecule has 0 amide bonds. The molecular weight excluding hydrogens is 386 g/mol. The summed E-state index contributed by atoms with van der Waals surface area (Å²) in [5, 5.41) is 6.50. The van der Waals surface area contributed by atoms with E-state index in [-0.39, 0.29) is 0 Å². The zero-order valence-electron chi connectivity index (χ0n) is 2.49. The molecule has 0 aromatic rings. The van der Waals surface area contributed by atoms with Crippen LogP contribution in [0.1, 0.15) is 0 Å². The van der Waals surface area contributed by atoms with E-state index >= 15 is 0 Å². The molecule has 0 heterocycles. The minimum atomic E-state index is -0.458. The van der Waals surface area contributed by atoms with E-state index in [1.165, 1.54) is 0 Å². The first-order chi connectivity index (χ1) is 2.41. The van der Waals surface area contributed by atoms with Crippen molar-refractivity contribution in [3.8, 4) is 6.57 Å². The van der Waals surface area contributed by atoms with Crippen LogP contribution in [0.5, 0.6) is 0 Å². The van der Waals surface area contributed by atoms with Crippen LogP contribution in [-0.4, -0.2) is 0 Å². The van der Waals surface area contributed by atoms with Gasteiger partial charge in [0.1, 0.15) is 0 Å². The van der Waals surface area contributed by atoms with Crippen LogP contribution in [0.25, 0.3) is 0 Å². The van der Waals surface area contributed by atoms with Crippen LogP contribution in [0, 0.1) is 11.8 Å². The van der Waals surface area contributed by atoms with Crippen molar-refractivity contribution in [2.75, 3.05) is 0 Å². The number of halogens is 2. The number of rotatable bonds is 0. The third-order valence-electron chi connectivity index (χ3n) is 0. The average molecular weight is 387 g/mol. The summed E-state index contributed by atoms with van der Waals surface area (Å²) in [6.45, 7) is 3.50. The van der Waals surface area contributed by atoms with Gasteiger partial charge >= 0.3 is 43.5 Å². The molecule has 0 rings (SSSR count). The van der Waals surface area contributed by atoms with Gasteiger partial charge in [0.15, 0.2) is 0 Å². The normalized spacial score (nSPS) is 2.40. The van der Waals surface area contributed by atoms with Crippen LogP contribution in [0.4, 0.5) is 0 Å². The summed E-state index contributed by atoms with van der Waals surface area (Å²) in [5.74, 6) is 0. The molecule has 0 saturated carbocycles. The van der Waals surface area contributed by atoms with Crippen LogP contribution >= 0.6 is 23.8 Å². The molecule has 0 atom stereocenters. The summed E-state index contributed by atoms with van der Waals surface area (Å²) >= 11 is 6.11. The van der Waals surface area contributed by atoms with Gasteiger partial charge in [-0.15, -0.1) is 0 Å². The van der Waals surface area contributed by atoms with Crippen LogP contribution in [0.3, 0.4) is 0 Å². The van der Waals surface area contributed by atoms with Crippen molar-refractivity contribution >= 4 is 23.8 Å². The molecule has 26 valence electrons. The molecule has 0 radical (unpaired) electrons. The van der Waals surface area contributed by atoms with E-state index in [0.29, 0.717) is 0 Å². The Morgan fingerprint density at radius 2 is 1.40 bits per heavy atom. The fourth-order valence-corrected chi connectivity index (χ4v) is 0. The predicted molar refractivity (Wildman–Crippen MR) is 24.5 cm³/mol. The Morgan fingerprint density at radius 1 is 1.40 bits per heavy atom. The van der Waals surface area contributed by atoms with Gasteiger partial charge in [-0.25, -0.2) is 5.26 Å². The molecule has 5 heavy (non-hydrogen) atoms. The second kappa shape index (κ2) is 18.2. The van der Waals surface area contributed by atoms with Gasteiger partial charge in [0.25, 0.3) is 0 Å². The molecular formula is CHBr2HgN. The Morgan fingerprint density at radius 3 is 1.40 bits per heavy atom. The summed E-state index contributed by atoms with van der Waals surface area (Å²) in [6.07, 6.45) is 0. The zero-order valence-corrected chi connectivity index (χ0v) is 11.2. The van der Waals surface area contributed by atoms with E-state index in [1.54, 1.807) is 0 Å². The molecule has 1 nitrogen and oxygen atoms in total. The van der Waals surface area contributed by atoms with Gasteiger partial charge in [-0.2, -0.15) is 0 Å². The molecule has 0 aliphatic heterocycles. The average Bonchev–Trinajstić information content (AvgIpc) is 1.46. The Hall–Kier alpha value is 1.39. The van der Waals surface area contributed by atoms with Crippen molar-refractivity contribution in [2.45, 2.75) is 0 Å². The first-order valence-electron chi connectivity index (χ1n) is 0.793. The summed E-state index contributed by atoms with van der Waals surface area (Å²) in [4.78, 5) is 0. The Labute approximate surface area is 54.7 Å². The van der Waals surface area contributed by atoms with E-state index < -0.39 is 19.7 Å². The zero-order chi connectivity index (χ0) is 4.71. The number of hydrogen-bond acceptors (Lipinski definition) is 1. The molecule has 0 spiro atoms. The summed E-state index contributed by atoms with van der Waals surface area (Å²) in [7, 11) is 0. The number of nitriles is 1. The topological polar surface area (TPSA) is 23.8 Å². The fraction of sp³-hybridized carbons (Fsp3) is 0. The van der Waals surface area contributed by atoms with E-state index in [2.05, 4.69) is 30.4 Å². The van der Waals surface area contributed by atoms with Crippen molar-refractivity contribution in [2.24, 2.45) is 0 Å². The van der Waals surface area contributed by atoms with Gasteiger partial charge in [0.05, 0.1) is 0 Å². The third-order valence-corrected chi connectivity index (χ3v) is 0. The number of hydrogen-bond donors (Lipinski definition) is 0. The first kappa shape index (κ1) is 9.63. The molecule has 0 aromatic carbocycles. The Bertz CT molecular complexity index is 20.9. The Balaban J connectivity index is 0. The molecule has 0 bridgehead atoms. The first-order valence-corrected chi connectivity index (χ1v) is 24.6. The maximum absolute atomic E-state index is 6.50. The summed E-state index contributed by atoms with van der Waals surface area (Å²) < 4.78 is 0. The predicted octanol–water partition coefficient (Wildman–Crippen LogP) is 1.83. The van der Waals surface area contributed by atoms with Crippen molar-refractivity contribution < 1.29 is 19.7 Å². The van der Waals surface area contributed by atoms with Gasteiger partial charge in [-0.05, 0) is 0 Å². The van der Waals surface area contributed by atoms with Crippen molar-refractivity contribution in [1.29, 1.82) is 5.26 Å². The molecule has 0 aliphatic carbocycles. The van der Waals surface area contributed by atoms with Gasteiger partial charge < -0.3 is 0 Å². The second-order valence-electron chi connectivity index (χ2n) is 0.101. The quantitative estimate of drug-likeness (QED) is 0.582. The standard InChI is InChI=1S/CHN.2BrH.Hg/c1-2;;;/h1H;2*1H;/q;;;+2/p-2. The van der Waals surface area contributed by atoms with Gasteiger partial charge in [0.2, 0.25) is 0 Å². The second-order valence-corrected chi connectivity index (χ2v) is 23.9. The minimum absolute atomic E-state index is 0.458. The van der Waals surface area contributed by atoms with Crippen LogP contribution in [0.15, 0.2) is 0 Å². The monoisotopic (exact) mass is 387 g/mol. The SMILES string of the molecule is C#N.[Br][Hg][Br]. The van der Waals surface area contributed by atoms with Gasteiger partial charge in [-0.1, -0.05) is 0 Å². The van der Waals surface area contributed by atoms with E-state index in [4.69, 9.17) is 5.26 Å². The molecule has 0 aliphatic rings. The number of nitrogens with zero attached hydrogens (tertiary/aromatic N) is 1. The molecule has 0 aromatic heterocycles. The third kappa shape index (κ3) is 32.2. The maximum atomic E-state index is 6.50. The van der Waals surface area contributed by atoms with E-state index in [9.17, 15) is 0 Å². The van der Waals surface area contributed by atoms with Crippen molar-refractivity contribution in [3.63, 3.8) is 0 Å². The molecule has 4 heteroatoms. The fourth-order valence-electron chi connectivity index (χ4n) is 0. The Kier molecular flexibility index (Phi) is 35.1.